The minimum atomic E-state index is -1.03. The van der Waals surface area contributed by atoms with Crippen molar-refractivity contribution in [3.05, 3.63) is 65.6 Å². The summed E-state index contributed by atoms with van der Waals surface area (Å²) in [6.07, 6.45) is 2.27. The first kappa shape index (κ1) is 36.9. The number of nitrogens with zero attached hydrogens (tertiary/aromatic N) is 4. The van der Waals surface area contributed by atoms with Gasteiger partial charge in [-0.25, -0.2) is 0 Å². The molecule has 2 aliphatic heterocycles. The van der Waals surface area contributed by atoms with Crippen LogP contribution in [0.2, 0.25) is 16.6 Å². The van der Waals surface area contributed by atoms with Crippen LogP contribution in [0.1, 0.15) is 35.2 Å². The number of aromatic amines is 1. The number of carbonyl (C=O) groups excluding carboxylic acids is 5. The number of ether oxygens (including phenoxy) is 1. The molecule has 2 aliphatic rings. The molecule has 50 heavy (non-hydrogen) atoms. The van der Waals surface area contributed by atoms with Crippen LogP contribution < -0.4 is 10.1 Å². The van der Waals surface area contributed by atoms with Gasteiger partial charge in [-0.15, -0.1) is 0 Å². The Balaban J connectivity index is 1.37. The maximum absolute atomic E-state index is 14.6. The third-order valence-electron chi connectivity index (χ3n) is 9.49. The molecule has 5 amide bonds. The number of rotatable bonds is 7. The van der Waals surface area contributed by atoms with Gasteiger partial charge in [0.15, 0.2) is 0 Å². The topological polar surface area (TPSA) is 135 Å². The first-order valence-corrected chi connectivity index (χ1v) is 21.9. The molecule has 3 heterocycles. The van der Waals surface area contributed by atoms with Crippen molar-refractivity contribution in [1.29, 1.82) is 0 Å². The third kappa shape index (κ3) is 8.67. The van der Waals surface area contributed by atoms with Gasteiger partial charge in [-0.2, -0.15) is 0 Å². The van der Waals surface area contributed by atoms with Crippen LogP contribution in [0.4, 0.5) is 4.39 Å². The van der Waals surface area contributed by atoms with E-state index in [9.17, 15) is 28.4 Å². The quantitative estimate of drug-likeness (QED) is 0.357. The average molecular weight is 753 g/mol. The summed E-state index contributed by atoms with van der Waals surface area (Å²) in [5.74, 6) is -2.36. The van der Waals surface area contributed by atoms with Crippen LogP contribution in [0.3, 0.4) is 0 Å². The van der Waals surface area contributed by atoms with Gasteiger partial charge in [0.1, 0.15) is 0 Å². The molecule has 14 heteroatoms. The third-order valence-corrected chi connectivity index (χ3v) is 11.8. The number of fused-ring (bicyclic) bond motifs is 3. The van der Waals surface area contributed by atoms with E-state index >= 15 is 0 Å². The molecule has 0 unspecified atom stereocenters. The van der Waals surface area contributed by atoms with Crippen LogP contribution >= 0.6 is 0 Å². The molecule has 0 spiro atoms. The van der Waals surface area contributed by atoms with Crippen molar-refractivity contribution < 1.29 is 33.1 Å². The number of H-pyrrole nitrogens is 1. The van der Waals surface area contributed by atoms with Gasteiger partial charge in [0.25, 0.3) is 0 Å². The molecule has 2 N–H and O–H groups in total. The van der Waals surface area contributed by atoms with Crippen molar-refractivity contribution in [3.63, 3.8) is 0 Å². The standard InChI is InChI=1S/C36H46AsFN6O6/c1-37(2)14-15-41(3)36(49)30-11-13-33(46)42(4)21-34(47)44-20-25(40-32(45)16-23-19-39-29-9-7-6-8-27(23)29)18-26(44)22-50-31-12-10-24(38)17-28(31)35(48)43(30)5/h6-10,12,17,19,25-26,30,39H,11,13-16,18,20-22H2,1-5H3,(H,40,45)/t25-,26-,30-/m0/s1. The number of benzene rings is 2. The number of nitrogens with one attached hydrogen (secondary N) is 2. The van der Waals surface area contributed by atoms with Gasteiger partial charge in [0.05, 0.1) is 6.42 Å². The van der Waals surface area contributed by atoms with Gasteiger partial charge in [-0.3, -0.25) is 4.79 Å². The van der Waals surface area contributed by atoms with Crippen LogP contribution in [-0.4, -0.2) is 134 Å². The summed E-state index contributed by atoms with van der Waals surface area (Å²) in [5.41, 5.74) is 6.11. The van der Waals surface area contributed by atoms with Crippen molar-refractivity contribution >= 4 is 55.1 Å². The Bertz CT molecular complexity index is 1750. The fourth-order valence-corrected chi connectivity index (χ4v) is 8.03. The fourth-order valence-electron chi connectivity index (χ4n) is 6.56. The van der Waals surface area contributed by atoms with Crippen LogP contribution in [0.25, 0.3) is 10.9 Å². The number of amides is 5. The van der Waals surface area contributed by atoms with E-state index in [1.165, 1.54) is 36.0 Å². The van der Waals surface area contributed by atoms with E-state index in [2.05, 4.69) is 21.7 Å². The van der Waals surface area contributed by atoms with Gasteiger partial charge >= 0.3 is 204 Å². The maximum atomic E-state index is 14.6. The molecule has 1 fully saturated rings. The second-order valence-corrected chi connectivity index (χ2v) is 18.9. The number of para-hydroxylation sites is 1. The fraction of sp³-hybridized carbons (Fsp3) is 0.472. The Hall–Kier alpha value is -4.38. The van der Waals surface area contributed by atoms with E-state index < -0.39 is 38.5 Å². The molecule has 1 aromatic heterocycles. The summed E-state index contributed by atoms with van der Waals surface area (Å²) < 4.78 is 20.7. The minimum absolute atomic E-state index is 0.0187. The molecule has 1 saturated heterocycles. The molecule has 2 aromatic carbocycles. The number of aromatic nitrogens is 1. The molecule has 3 aromatic rings. The molecule has 0 bridgehead atoms. The molecule has 0 aliphatic carbocycles. The molecule has 0 radical (unpaired) electrons. The first-order chi connectivity index (χ1) is 23.8. The predicted octanol–water partition coefficient (Wildman–Crippen LogP) is 2.92. The Kier molecular flexibility index (Phi) is 11.9. The molecule has 268 valence electrons. The van der Waals surface area contributed by atoms with Crippen molar-refractivity contribution in [3.8, 4) is 5.75 Å². The molecular weight excluding hydrogens is 706 g/mol. The summed E-state index contributed by atoms with van der Waals surface area (Å²) in [6.45, 7) is 0.482. The number of hydrogen-bond acceptors (Lipinski definition) is 6. The first-order valence-electron chi connectivity index (χ1n) is 16.8. The van der Waals surface area contributed by atoms with E-state index in [1.54, 1.807) is 16.8 Å². The molecule has 0 saturated carbocycles. The second-order valence-electron chi connectivity index (χ2n) is 13.5. The van der Waals surface area contributed by atoms with Gasteiger partial charge < -0.3 is 10.3 Å². The Morgan fingerprint density at radius 1 is 1.10 bits per heavy atom. The zero-order valence-electron chi connectivity index (χ0n) is 29.3. The van der Waals surface area contributed by atoms with Crippen molar-refractivity contribution in [1.82, 2.24) is 29.9 Å². The normalized spacial score (nSPS) is 20.7. The van der Waals surface area contributed by atoms with E-state index in [0.717, 1.165) is 27.7 Å². The Labute approximate surface area is 296 Å². The van der Waals surface area contributed by atoms with Crippen molar-refractivity contribution in [2.24, 2.45) is 0 Å². The summed E-state index contributed by atoms with van der Waals surface area (Å²) in [7, 11) is 4.69. The summed E-state index contributed by atoms with van der Waals surface area (Å²) in [6, 6.07) is 9.47. The molecular formula is C36H46AsFN6O6. The van der Waals surface area contributed by atoms with Gasteiger partial charge in [-0.05, 0) is 18.1 Å². The zero-order valence-corrected chi connectivity index (χ0v) is 31.2. The van der Waals surface area contributed by atoms with Gasteiger partial charge in [0, 0.05) is 29.7 Å². The van der Waals surface area contributed by atoms with E-state index in [-0.39, 0.29) is 79.9 Å². The summed E-state index contributed by atoms with van der Waals surface area (Å²) in [4.78, 5) is 76.8. The number of carbonyl (C=O) groups is 5. The van der Waals surface area contributed by atoms with Crippen LogP contribution in [0.15, 0.2) is 48.7 Å². The van der Waals surface area contributed by atoms with E-state index in [1.807, 2.05) is 30.5 Å². The second kappa shape index (κ2) is 16.1. The number of halogens is 1. The van der Waals surface area contributed by atoms with Crippen molar-refractivity contribution in [2.75, 3.05) is 47.4 Å². The monoisotopic (exact) mass is 752 g/mol. The SMILES string of the molecule is CN1CC(=O)N2C[C@@H](NC(=O)Cc3c[nH]c4ccccc34)C[C@H]2COc2ccc(F)cc2C(=O)N(C)[C@H](C(=O)N(C)CC[As](C)C)CCC1=O. The molecule has 12 nitrogen and oxygen atoms in total. The Morgan fingerprint density at radius 2 is 1.86 bits per heavy atom. The van der Waals surface area contributed by atoms with Gasteiger partial charge in [0.2, 0.25) is 5.91 Å². The van der Waals surface area contributed by atoms with Crippen molar-refractivity contribution in [2.45, 2.75) is 60.4 Å². The van der Waals surface area contributed by atoms with Crippen LogP contribution in [0.5, 0.6) is 5.75 Å². The van der Waals surface area contributed by atoms with Gasteiger partial charge in [-0.1, -0.05) is 18.2 Å². The molecule has 3 atom stereocenters. The van der Waals surface area contributed by atoms with Crippen LogP contribution in [0, 0.1) is 5.82 Å². The summed E-state index contributed by atoms with van der Waals surface area (Å²) >= 11 is -1.03. The average Bonchev–Trinajstić information content (AvgIpc) is 3.69. The molecule has 5 rings (SSSR count). The summed E-state index contributed by atoms with van der Waals surface area (Å²) in [5, 5.41) is 4.92. The number of hydrogen-bond donors (Lipinski definition) is 2. The van der Waals surface area contributed by atoms with Crippen LogP contribution in [-0.2, 0) is 25.6 Å². The predicted molar refractivity (Wildman–Crippen MR) is 189 cm³/mol. The number of likely N-dealkylation sites (N-methyl/N-ethyl adjacent to an activating group) is 3. The Morgan fingerprint density at radius 3 is 2.62 bits per heavy atom. The van der Waals surface area contributed by atoms with E-state index in [4.69, 9.17) is 4.74 Å². The van der Waals surface area contributed by atoms with E-state index in [0.29, 0.717) is 13.0 Å². The zero-order chi connectivity index (χ0) is 36.1.